The summed E-state index contributed by atoms with van der Waals surface area (Å²) < 4.78 is -0.680. The van der Waals surface area contributed by atoms with Gasteiger partial charge in [0.05, 0.1) is 39.9 Å². The number of carbonyl (C=O) groups excluding carboxylic acids is 3. The Morgan fingerprint density at radius 3 is 2.74 bits per heavy atom. The first-order chi connectivity index (χ1) is 14.8. The van der Waals surface area contributed by atoms with Gasteiger partial charge in [0, 0.05) is 12.3 Å². The monoisotopic (exact) mass is 465 g/mol. The number of aliphatic hydroxyl groups excluding tert-OH is 1. The minimum atomic E-state index is -0.776. The second-order valence-electron chi connectivity index (χ2n) is 8.58. The van der Waals surface area contributed by atoms with Crippen molar-refractivity contribution >= 4 is 46.8 Å². The molecule has 3 aliphatic heterocycles. The predicted molar refractivity (Wildman–Crippen MR) is 121 cm³/mol. The predicted octanol–water partition coefficient (Wildman–Crippen LogP) is 2.20. The van der Waals surface area contributed by atoms with Crippen LogP contribution < -0.4 is 10.6 Å². The van der Waals surface area contributed by atoms with Crippen molar-refractivity contribution in [3.05, 3.63) is 28.8 Å². The molecule has 0 saturated carbocycles. The molecule has 4 rings (SSSR count). The van der Waals surface area contributed by atoms with Gasteiger partial charge in [0.2, 0.25) is 17.7 Å². The van der Waals surface area contributed by atoms with E-state index in [4.69, 9.17) is 11.6 Å². The average Bonchev–Trinajstić information content (AvgIpc) is 3.39. The number of carbonyl (C=O) groups is 3. The van der Waals surface area contributed by atoms with Gasteiger partial charge in [0.25, 0.3) is 0 Å². The third-order valence-corrected chi connectivity index (χ3v) is 9.35. The molecule has 6 atom stereocenters. The summed E-state index contributed by atoms with van der Waals surface area (Å²) in [7, 11) is 1.58. The van der Waals surface area contributed by atoms with E-state index < -0.39 is 28.7 Å². The number of hydrogen-bond donors (Lipinski definition) is 3. The number of rotatable bonds is 6. The minimum absolute atomic E-state index is 0.0163. The Balaban J connectivity index is 1.77. The molecule has 168 valence electrons. The van der Waals surface area contributed by atoms with E-state index in [0.29, 0.717) is 23.6 Å². The molecule has 0 aromatic heterocycles. The fraction of sp³-hybridized carbons (Fsp3) is 0.591. The topological polar surface area (TPSA) is 98.7 Å². The minimum Gasteiger partial charge on any atom is -0.394 e. The number of nitrogens with zero attached hydrogens (tertiary/aromatic N) is 1. The maximum Gasteiger partial charge on any atom is 0.248 e. The van der Waals surface area contributed by atoms with Gasteiger partial charge in [-0.05, 0) is 37.8 Å². The van der Waals surface area contributed by atoms with Gasteiger partial charge in [-0.2, -0.15) is 0 Å². The lowest BCUT2D eigenvalue weighted by molar-refractivity contribution is -0.142. The van der Waals surface area contributed by atoms with Gasteiger partial charge in [-0.3, -0.25) is 14.4 Å². The molecule has 0 aliphatic carbocycles. The number of fused-ring (bicyclic) bond motifs is 1. The summed E-state index contributed by atoms with van der Waals surface area (Å²) in [5.74, 6) is -1.71. The molecule has 2 bridgehead atoms. The Kier molecular flexibility index (Phi) is 6.00. The van der Waals surface area contributed by atoms with E-state index in [1.54, 1.807) is 29.8 Å². The Hall–Kier alpha value is -1.77. The number of thioether (sulfide) groups is 1. The summed E-state index contributed by atoms with van der Waals surface area (Å²) in [4.78, 5) is 41.7. The van der Waals surface area contributed by atoms with Crippen molar-refractivity contribution < 1.29 is 19.5 Å². The summed E-state index contributed by atoms with van der Waals surface area (Å²) in [6.07, 6.45) is 1.98. The van der Waals surface area contributed by atoms with Gasteiger partial charge in [-0.1, -0.05) is 30.7 Å². The van der Waals surface area contributed by atoms with Gasteiger partial charge >= 0.3 is 0 Å². The number of likely N-dealkylation sites (tertiary alicyclic amines) is 1. The second-order valence-corrected chi connectivity index (χ2v) is 10.6. The van der Waals surface area contributed by atoms with Crippen LogP contribution in [0.5, 0.6) is 0 Å². The van der Waals surface area contributed by atoms with E-state index in [1.807, 2.05) is 26.0 Å². The van der Waals surface area contributed by atoms with E-state index >= 15 is 0 Å². The lowest BCUT2D eigenvalue weighted by atomic mass is 9.70. The number of benzene rings is 1. The summed E-state index contributed by atoms with van der Waals surface area (Å²) in [5.41, 5.74) is 1.35. The standard InChI is InChI=1S/C22H28ClN3O4S/c1-4-12(10-27)26-18(20(29)25-17-11(2)6-5-7-13(17)23)22-9-8-14(31-22)15(19(28)24-3)16(22)21(26)30/h5-7,12,14-16,18,27H,4,8-10H2,1-3H3,(H,24,28)(H,25,29)/t12-,14-,15+,16-,18?,22?/m0/s1. The second kappa shape index (κ2) is 8.30. The molecule has 3 saturated heterocycles. The van der Waals surface area contributed by atoms with Crippen molar-refractivity contribution in [1.82, 2.24) is 10.2 Å². The molecule has 3 amide bonds. The molecule has 3 heterocycles. The lowest BCUT2D eigenvalue weighted by Gasteiger charge is -2.36. The Morgan fingerprint density at radius 1 is 1.39 bits per heavy atom. The van der Waals surface area contributed by atoms with Crippen LogP contribution in [-0.2, 0) is 14.4 Å². The van der Waals surface area contributed by atoms with Crippen molar-refractivity contribution in [2.24, 2.45) is 11.8 Å². The van der Waals surface area contributed by atoms with Crippen molar-refractivity contribution in [3.63, 3.8) is 0 Å². The Morgan fingerprint density at radius 2 is 2.13 bits per heavy atom. The van der Waals surface area contributed by atoms with Crippen molar-refractivity contribution in [3.8, 4) is 0 Å². The van der Waals surface area contributed by atoms with E-state index in [0.717, 1.165) is 12.0 Å². The zero-order valence-corrected chi connectivity index (χ0v) is 19.4. The number of para-hydroxylation sites is 1. The Bertz CT molecular complexity index is 904. The number of nitrogens with one attached hydrogen (secondary N) is 2. The number of aliphatic hydroxyl groups is 1. The summed E-state index contributed by atoms with van der Waals surface area (Å²) in [6.45, 7) is 3.51. The summed E-state index contributed by atoms with van der Waals surface area (Å²) in [6, 6.07) is 4.13. The first kappa shape index (κ1) is 22.4. The summed E-state index contributed by atoms with van der Waals surface area (Å²) in [5, 5.41) is 16.1. The molecular formula is C22H28ClN3O4S. The van der Waals surface area contributed by atoms with E-state index in [2.05, 4.69) is 10.6 Å². The fourth-order valence-corrected chi connectivity index (χ4v) is 8.12. The van der Waals surface area contributed by atoms with E-state index in [-0.39, 0.29) is 29.6 Å². The average molecular weight is 466 g/mol. The first-order valence-corrected chi connectivity index (χ1v) is 11.9. The van der Waals surface area contributed by atoms with Crippen LogP contribution >= 0.6 is 23.4 Å². The van der Waals surface area contributed by atoms with Gasteiger partial charge in [0.1, 0.15) is 6.04 Å². The van der Waals surface area contributed by atoms with Gasteiger partial charge in [-0.25, -0.2) is 0 Å². The van der Waals surface area contributed by atoms with Crippen molar-refractivity contribution in [2.75, 3.05) is 19.0 Å². The highest BCUT2D eigenvalue weighted by molar-refractivity contribution is 8.02. The maximum absolute atomic E-state index is 13.7. The molecule has 3 N–H and O–H groups in total. The molecule has 7 nitrogen and oxygen atoms in total. The number of aryl methyl sites for hydroxylation is 1. The molecule has 31 heavy (non-hydrogen) atoms. The maximum atomic E-state index is 13.7. The van der Waals surface area contributed by atoms with Gasteiger partial charge in [0.15, 0.2) is 0 Å². The molecule has 9 heteroatoms. The quantitative estimate of drug-likeness (QED) is 0.598. The smallest absolute Gasteiger partial charge is 0.248 e. The molecule has 1 aromatic rings. The number of halogens is 1. The van der Waals surface area contributed by atoms with Gasteiger partial charge in [-0.15, -0.1) is 11.8 Å². The largest absolute Gasteiger partial charge is 0.394 e. The highest BCUT2D eigenvalue weighted by Gasteiger charge is 2.74. The van der Waals surface area contributed by atoms with Crippen molar-refractivity contribution in [2.45, 2.75) is 55.2 Å². The SMILES string of the molecule is CC[C@@H](CO)N1C(=O)[C@@H]2[C@H](C(=O)NC)[C@@H]3CCC2(S3)C1C(=O)Nc1c(C)cccc1Cl. The third-order valence-electron chi connectivity index (χ3n) is 7.08. The van der Waals surface area contributed by atoms with Crippen molar-refractivity contribution in [1.29, 1.82) is 0 Å². The van der Waals surface area contributed by atoms with Crippen LogP contribution in [0.2, 0.25) is 5.02 Å². The highest BCUT2D eigenvalue weighted by atomic mass is 35.5. The van der Waals surface area contributed by atoms with Crippen LogP contribution in [0.15, 0.2) is 18.2 Å². The van der Waals surface area contributed by atoms with Crippen LogP contribution in [-0.4, -0.2) is 63.5 Å². The third kappa shape index (κ3) is 3.26. The van der Waals surface area contributed by atoms with Gasteiger partial charge < -0.3 is 20.6 Å². The molecule has 2 unspecified atom stereocenters. The molecule has 1 aromatic carbocycles. The number of anilines is 1. The summed E-state index contributed by atoms with van der Waals surface area (Å²) >= 11 is 7.94. The van der Waals surface area contributed by atoms with Crippen LogP contribution in [0.1, 0.15) is 31.7 Å². The molecule has 1 spiro atoms. The van der Waals surface area contributed by atoms with Crippen LogP contribution in [0.4, 0.5) is 5.69 Å². The zero-order chi connectivity index (χ0) is 22.5. The van der Waals surface area contributed by atoms with E-state index in [9.17, 15) is 19.5 Å². The lowest BCUT2D eigenvalue weighted by Crippen LogP contribution is -2.54. The molecule has 3 aliphatic rings. The van der Waals surface area contributed by atoms with E-state index in [1.165, 1.54) is 0 Å². The molecule has 3 fully saturated rings. The Labute approximate surface area is 191 Å². The number of hydrogen-bond acceptors (Lipinski definition) is 5. The molecule has 0 radical (unpaired) electrons. The first-order valence-electron chi connectivity index (χ1n) is 10.7. The van der Waals surface area contributed by atoms with Crippen LogP contribution in [0, 0.1) is 18.8 Å². The highest BCUT2D eigenvalue weighted by Crippen LogP contribution is 2.66. The zero-order valence-electron chi connectivity index (χ0n) is 17.9. The molecular weight excluding hydrogens is 438 g/mol. The van der Waals surface area contributed by atoms with Crippen LogP contribution in [0.3, 0.4) is 0 Å². The fourth-order valence-electron chi connectivity index (χ4n) is 5.65. The normalized spacial score (nSPS) is 32.2. The van der Waals surface area contributed by atoms with Crippen LogP contribution in [0.25, 0.3) is 0 Å². The number of amides is 3.